The van der Waals surface area contributed by atoms with E-state index in [2.05, 4.69) is 9.55 Å². The number of carbonyl (C=O) groups is 1. The molecule has 0 radical (unpaired) electrons. The molecule has 1 amide bonds. The largest absolute Gasteiger partial charge is 0.486 e. The maximum absolute atomic E-state index is 13.0. The average molecular weight is 351 g/mol. The molecule has 1 aliphatic heterocycles. The molecule has 0 saturated carbocycles. The minimum absolute atomic E-state index is 0.0316. The van der Waals surface area contributed by atoms with Crippen molar-refractivity contribution in [3.8, 4) is 5.75 Å². The first-order chi connectivity index (χ1) is 12.7. The van der Waals surface area contributed by atoms with Crippen molar-refractivity contribution < 1.29 is 13.9 Å². The quantitative estimate of drug-likeness (QED) is 0.723. The van der Waals surface area contributed by atoms with Gasteiger partial charge in [0.05, 0.1) is 30.4 Å². The monoisotopic (exact) mass is 351 g/mol. The summed E-state index contributed by atoms with van der Waals surface area (Å²) >= 11 is 0. The van der Waals surface area contributed by atoms with E-state index in [-0.39, 0.29) is 12.5 Å². The summed E-state index contributed by atoms with van der Waals surface area (Å²) in [6.45, 7) is 4.41. The first-order valence-corrected chi connectivity index (χ1v) is 8.75. The summed E-state index contributed by atoms with van der Waals surface area (Å²) in [6.07, 6.45) is 6.09. The Morgan fingerprint density at radius 1 is 1.23 bits per heavy atom. The summed E-state index contributed by atoms with van der Waals surface area (Å²) < 4.78 is 13.4. The highest BCUT2D eigenvalue weighted by molar-refractivity contribution is 5.95. The third-order valence-electron chi connectivity index (χ3n) is 4.63. The number of hydrogen-bond acceptors (Lipinski definition) is 4. The molecule has 1 aromatic carbocycles. The standard InChI is InChI=1S/C20H21N3O3/c1-15-3-5-17(6-4-15)26-13-19-18(7-10-25-19)20(24)22-8-2-9-23-14-21-11-16(23)12-22/h3-7,10-11,14H,2,8-9,12-13H2,1H3. The lowest BCUT2D eigenvalue weighted by molar-refractivity contribution is 0.0741. The van der Waals surface area contributed by atoms with E-state index in [0.29, 0.717) is 24.4 Å². The zero-order valence-electron chi connectivity index (χ0n) is 14.7. The van der Waals surface area contributed by atoms with E-state index in [1.165, 1.54) is 5.56 Å². The molecule has 4 rings (SSSR count). The lowest BCUT2D eigenvalue weighted by Crippen LogP contribution is -2.31. The van der Waals surface area contributed by atoms with E-state index in [0.717, 1.165) is 24.4 Å². The highest BCUT2D eigenvalue weighted by atomic mass is 16.5. The Labute approximate surface area is 152 Å². The molecular formula is C20H21N3O3. The molecule has 26 heavy (non-hydrogen) atoms. The Kier molecular flexibility index (Phi) is 4.48. The predicted octanol–water partition coefficient (Wildman–Crippen LogP) is 3.41. The van der Waals surface area contributed by atoms with Crippen molar-refractivity contribution in [3.05, 3.63) is 71.7 Å². The summed E-state index contributed by atoms with van der Waals surface area (Å²) in [6, 6.07) is 9.53. The maximum atomic E-state index is 13.0. The van der Waals surface area contributed by atoms with E-state index in [1.54, 1.807) is 12.3 Å². The molecule has 0 aliphatic carbocycles. The van der Waals surface area contributed by atoms with Gasteiger partial charge >= 0.3 is 0 Å². The van der Waals surface area contributed by atoms with Gasteiger partial charge < -0.3 is 18.6 Å². The second kappa shape index (κ2) is 7.07. The molecule has 1 aliphatic rings. The summed E-state index contributed by atoms with van der Waals surface area (Å²) in [5.41, 5.74) is 2.79. The van der Waals surface area contributed by atoms with Crippen LogP contribution in [0.15, 0.2) is 53.5 Å². The fourth-order valence-electron chi connectivity index (χ4n) is 3.16. The van der Waals surface area contributed by atoms with E-state index in [9.17, 15) is 4.79 Å². The fourth-order valence-corrected chi connectivity index (χ4v) is 3.16. The van der Waals surface area contributed by atoms with Gasteiger partial charge in [-0.05, 0) is 31.5 Å². The third kappa shape index (κ3) is 3.35. The molecule has 0 spiro atoms. The summed E-state index contributed by atoms with van der Waals surface area (Å²) in [5.74, 6) is 1.27. The number of nitrogens with zero attached hydrogens (tertiary/aromatic N) is 3. The number of fused-ring (bicyclic) bond motifs is 1. The zero-order valence-corrected chi connectivity index (χ0v) is 14.7. The molecule has 6 nitrogen and oxygen atoms in total. The lowest BCUT2D eigenvalue weighted by Gasteiger charge is -2.20. The predicted molar refractivity (Wildman–Crippen MR) is 95.8 cm³/mol. The van der Waals surface area contributed by atoms with Crippen LogP contribution in [0.1, 0.15) is 33.8 Å². The Hall–Kier alpha value is -3.02. The van der Waals surface area contributed by atoms with Gasteiger partial charge in [-0.1, -0.05) is 17.7 Å². The average Bonchev–Trinajstić information content (AvgIpc) is 3.25. The number of rotatable bonds is 4. The molecule has 2 aromatic heterocycles. The topological polar surface area (TPSA) is 60.5 Å². The van der Waals surface area contributed by atoms with Crippen LogP contribution in [0.5, 0.6) is 5.75 Å². The van der Waals surface area contributed by atoms with Gasteiger partial charge in [0, 0.05) is 19.3 Å². The van der Waals surface area contributed by atoms with Gasteiger partial charge in [-0.2, -0.15) is 0 Å². The van der Waals surface area contributed by atoms with E-state index < -0.39 is 0 Å². The van der Waals surface area contributed by atoms with Crippen LogP contribution in [0.4, 0.5) is 0 Å². The van der Waals surface area contributed by atoms with Gasteiger partial charge in [-0.25, -0.2) is 4.98 Å². The van der Waals surface area contributed by atoms with Crippen LogP contribution in [0, 0.1) is 6.92 Å². The number of aryl methyl sites for hydroxylation is 2. The number of furan rings is 1. The number of ether oxygens (including phenoxy) is 1. The molecule has 3 aromatic rings. The van der Waals surface area contributed by atoms with E-state index >= 15 is 0 Å². The SMILES string of the molecule is Cc1ccc(OCc2occc2C(=O)N2CCCn3cncc3C2)cc1. The van der Waals surface area contributed by atoms with Crippen LogP contribution in [-0.4, -0.2) is 26.9 Å². The molecule has 0 saturated heterocycles. The number of imidazole rings is 1. The number of amides is 1. The third-order valence-corrected chi connectivity index (χ3v) is 4.63. The first kappa shape index (κ1) is 16.4. The lowest BCUT2D eigenvalue weighted by atomic mass is 10.2. The van der Waals surface area contributed by atoms with Gasteiger partial charge in [-0.15, -0.1) is 0 Å². The van der Waals surface area contributed by atoms with Crippen molar-refractivity contribution in [1.29, 1.82) is 0 Å². The second-order valence-corrected chi connectivity index (χ2v) is 6.52. The van der Waals surface area contributed by atoms with Crippen molar-refractivity contribution >= 4 is 5.91 Å². The highest BCUT2D eigenvalue weighted by Crippen LogP contribution is 2.20. The van der Waals surface area contributed by atoms with Crippen LogP contribution < -0.4 is 4.74 Å². The maximum Gasteiger partial charge on any atom is 0.257 e. The molecule has 0 unspecified atom stereocenters. The first-order valence-electron chi connectivity index (χ1n) is 8.75. The van der Waals surface area contributed by atoms with Crippen LogP contribution >= 0.6 is 0 Å². The van der Waals surface area contributed by atoms with E-state index in [1.807, 2.05) is 48.6 Å². The highest BCUT2D eigenvalue weighted by Gasteiger charge is 2.24. The zero-order chi connectivity index (χ0) is 17.9. The van der Waals surface area contributed by atoms with Crippen LogP contribution in [0.2, 0.25) is 0 Å². The van der Waals surface area contributed by atoms with Crippen molar-refractivity contribution in [3.63, 3.8) is 0 Å². The normalized spacial score (nSPS) is 14.0. The van der Waals surface area contributed by atoms with Crippen LogP contribution in [0.25, 0.3) is 0 Å². The number of hydrogen-bond donors (Lipinski definition) is 0. The minimum Gasteiger partial charge on any atom is -0.486 e. The van der Waals surface area contributed by atoms with Crippen molar-refractivity contribution in [2.45, 2.75) is 33.0 Å². The number of aromatic nitrogens is 2. The minimum atomic E-state index is -0.0316. The molecular weight excluding hydrogens is 330 g/mol. The van der Waals surface area contributed by atoms with Crippen LogP contribution in [0.3, 0.4) is 0 Å². The smallest absolute Gasteiger partial charge is 0.257 e. The number of benzene rings is 1. The Morgan fingerprint density at radius 3 is 2.92 bits per heavy atom. The second-order valence-electron chi connectivity index (χ2n) is 6.52. The van der Waals surface area contributed by atoms with Gasteiger partial charge in [0.15, 0.2) is 5.76 Å². The van der Waals surface area contributed by atoms with Gasteiger partial charge in [0.1, 0.15) is 12.4 Å². The molecule has 6 heteroatoms. The van der Waals surface area contributed by atoms with Crippen LogP contribution in [-0.2, 0) is 19.7 Å². The molecule has 0 atom stereocenters. The van der Waals surface area contributed by atoms with Crippen molar-refractivity contribution in [1.82, 2.24) is 14.5 Å². The summed E-state index contributed by atoms with van der Waals surface area (Å²) in [4.78, 5) is 19.0. The summed E-state index contributed by atoms with van der Waals surface area (Å²) in [7, 11) is 0. The Balaban J connectivity index is 1.47. The Bertz CT molecular complexity index is 895. The molecule has 3 heterocycles. The fraction of sp³-hybridized carbons (Fsp3) is 0.300. The van der Waals surface area contributed by atoms with Gasteiger partial charge in [-0.3, -0.25) is 4.79 Å². The van der Waals surface area contributed by atoms with Crippen molar-refractivity contribution in [2.24, 2.45) is 0 Å². The molecule has 0 bridgehead atoms. The summed E-state index contributed by atoms with van der Waals surface area (Å²) in [5, 5.41) is 0. The molecule has 0 fully saturated rings. The molecule has 134 valence electrons. The van der Waals surface area contributed by atoms with Gasteiger partial charge in [0.2, 0.25) is 0 Å². The number of carbonyl (C=O) groups excluding carboxylic acids is 1. The molecule has 0 N–H and O–H groups in total. The van der Waals surface area contributed by atoms with E-state index in [4.69, 9.17) is 9.15 Å². The van der Waals surface area contributed by atoms with Gasteiger partial charge in [0.25, 0.3) is 5.91 Å². The Morgan fingerprint density at radius 2 is 2.08 bits per heavy atom. The van der Waals surface area contributed by atoms with Crippen molar-refractivity contribution in [2.75, 3.05) is 6.54 Å².